The lowest BCUT2D eigenvalue weighted by atomic mass is 10.9. The summed E-state index contributed by atoms with van der Waals surface area (Å²) in [5.74, 6) is 0. The maximum atomic E-state index is 4.98. The van der Waals surface area contributed by atoms with Crippen LogP contribution in [0.25, 0.3) is 0 Å². The Morgan fingerprint density at radius 2 is 2.12 bits per heavy atom. The summed E-state index contributed by atoms with van der Waals surface area (Å²) in [5.41, 5.74) is 0. The Morgan fingerprint density at radius 3 is 2.50 bits per heavy atom. The van der Waals surface area contributed by atoms with Gasteiger partial charge >= 0.3 is 0 Å². The Hall–Kier alpha value is 0.620. The highest BCUT2D eigenvalue weighted by Gasteiger charge is 1.88. The molecule has 4 heteroatoms. The molecule has 0 amide bonds. The van der Waals surface area contributed by atoms with E-state index in [1.165, 1.54) is 11.1 Å². The SMILES string of the molecule is CCOSSN(C)C. The van der Waals surface area contributed by atoms with Gasteiger partial charge in [0, 0.05) is 11.0 Å². The van der Waals surface area contributed by atoms with E-state index in [1.54, 1.807) is 11.0 Å². The van der Waals surface area contributed by atoms with Gasteiger partial charge in [0.2, 0.25) is 0 Å². The number of hydrogen-bond acceptors (Lipinski definition) is 4. The first-order valence-electron chi connectivity index (χ1n) is 2.41. The van der Waals surface area contributed by atoms with Crippen molar-refractivity contribution in [3.8, 4) is 0 Å². The summed E-state index contributed by atoms with van der Waals surface area (Å²) in [6.45, 7) is 2.74. The molecule has 2 nitrogen and oxygen atoms in total. The fraction of sp³-hybridized carbons (Fsp3) is 1.00. The molecule has 0 saturated carbocycles. The van der Waals surface area contributed by atoms with Gasteiger partial charge in [-0.25, -0.2) is 4.31 Å². The van der Waals surface area contributed by atoms with E-state index in [1.807, 2.05) is 25.3 Å². The van der Waals surface area contributed by atoms with Gasteiger partial charge in [-0.05, 0) is 21.0 Å². The largest absolute Gasteiger partial charge is 0.304 e. The van der Waals surface area contributed by atoms with E-state index in [4.69, 9.17) is 4.18 Å². The van der Waals surface area contributed by atoms with Gasteiger partial charge in [-0.15, -0.1) is 0 Å². The lowest BCUT2D eigenvalue weighted by Gasteiger charge is -2.04. The van der Waals surface area contributed by atoms with Crippen LogP contribution in [0.3, 0.4) is 0 Å². The zero-order valence-electron chi connectivity index (χ0n) is 5.38. The summed E-state index contributed by atoms with van der Waals surface area (Å²) >= 11 is 1.40. The zero-order valence-corrected chi connectivity index (χ0v) is 7.01. The molecule has 0 heterocycles. The molecule has 0 unspecified atom stereocenters. The van der Waals surface area contributed by atoms with Crippen molar-refractivity contribution in [2.24, 2.45) is 0 Å². The van der Waals surface area contributed by atoms with E-state index in [0.29, 0.717) is 0 Å². The van der Waals surface area contributed by atoms with Crippen LogP contribution in [-0.4, -0.2) is 25.0 Å². The molecule has 0 N–H and O–H groups in total. The lowest BCUT2D eigenvalue weighted by molar-refractivity contribution is 0.408. The molecule has 0 spiro atoms. The maximum Gasteiger partial charge on any atom is 0.0792 e. The van der Waals surface area contributed by atoms with Crippen LogP contribution in [0, 0.1) is 0 Å². The summed E-state index contributed by atoms with van der Waals surface area (Å²) < 4.78 is 6.97. The van der Waals surface area contributed by atoms with E-state index < -0.39 is 0 Å². The summed E-state index contributed by atoms with van der Waals surface area (Å²) in [7, 11) is 5.55. The van der Waals surface area contributed by atoms with Gasteiger partial charge < -0.3 is 4.18 Å². The van der Waals surface area contributed by atoms with Gasteiger partial charge in [0.05, 0.1) is 17.7 Å². The first kappa shape index (κ1) is 8.62. The number of nitrogens with zero attached hydrogens (tertiary/aromatic N) is 1. The predicted molar refractivity (Wildman–Crippen MR) is 40.5 cm³/mol. The summed E-state index contributed by atoms with van der Waals surface area (Å²) in [4.78, 5) is 0. The summed E-state index contributed by atoms with van der Waals surface area (Å²) in [6.07, 6.45) is 0. The van der Waals surface area contributed by atoms with Crippen molar-refractivity contribution in [1.82, 2.24) is 4.31 Å². The Bertz CT molecular complexity index is 51.3. The van der Waals surface area contributed by atoms with E-state index >= 15 is 0 Å². The number of rotatable bonds is 4. The lowest BCUT2D eigenvalue weighted by Crippen LogP contribution is -1.96. The highest BCUT2D eigenvalue weighted by Crippen LogP contribution is 2.22. The molecule has 50 valence electrons. The second-order valence-corrected chi connectivity index (χ2v) is 3.47. The standard InChI is InChI=1S/C4H11NOS2/c1-4-6-8-7-5(2)3/h4H2,1-3H3. The van der Waals surface area contributed by atoms with E-state index in [0.717, 1.165) is 6.61 Å². The summed E-state index contributed by atoms with van der Waals surface area (Å²) in [5, 5.41) is 0. The number of hydrogen-bond donors (Lipinski definition) is 0. The molecule has 0 bridgehead atoms. The van der Waals surface area contributed by atoms with Gasteiger partial charge in [-0.3, -0.25) is 0 Å². The van der Waals surface area contributed by atoms with Crippen LogP contribution in [0.2, 0.25) is 0 Å². The average Bonchev–Trinajstić information content (AvgIpc) is 1.66. The predicted octanol–water partition coefficient (Wildman–Crippen LogP) is 1.80. The zero-order chi connectivity index (χ0) is 6.41. The minimum absolute atomic E-state index is 0.769. The Morgan fingerprint density at radius 1 is 1.50 bits per heavy atom. The molecule has 0 fully saturated rings. The quantitative estimate of drug-likeness (QED) is 0.264. The van der Waals surface area contributed by atoms with Gasteiger partial charge in [-0.2, -0.15) is 0 Å². The highest BCUT2D eigenvalue weighted by atomic mass is 33.1. The van der Waals surface area contributed by atoms with Crippen LogP contribution in [0.4, 0.5) is 0 Å². The molecular weight excluding hydrogens is 142 g/mol. The summed E-state index contributed by atoms with van der Waals surface area (Å²) in [6, 6.07) is 0. The molecule has 0 aromatic rings. The van der Waals surface area contributed by atoms with Gasteiger partial charge in [-0.1, -0.05) is 0 Å². The Labute approximate surface area is 58.7 Å². The first-order valence-corrected chi connectivity index (χ1v) is 4.44. The Balaban J connectivity index is 2.72. The van der Waals surface area contributed by atoms with Crippen LogP contribution in [0.5, 0.6) is 0 Å². The molecule has 8 heavy (non-hydrogen) atoms. The fourth-order valence-electron chi connectivity index (χ4n) is 0.130. The molecule has 0 radical (unpaired) electrons. The third kappa shape index (κ3) is 6.62. The minimum Gasteiger partial charge on any atom is -0.304 e. The van der Waals surface area contributed by atoms with Crippen molar-refractivity contribution < 1.29 is 4.18 Å². The van der Waals surface area contributed by atoms with Gasteiger partial charge in [0.25, 0.3) is 0 Å². The van der Waals surface area contributed by atoms with Crippen molar-refractivity contribution in [1.29, 1.82) is 0 Å². The van der Waals surface area contributed by atoms with Crippen molar-refractivity contribution >= 4 is 22.1 Å². The monoisotopic (exact) mass is 153 g/mol. The average molecular weight is 153 g/mol. The molecule has 0 rings (SSSR count). The topological polar surface area (TPSA) is 12.5 Å². The fourth-order valence-corrected chi connectivity index (χ4v) is 1.17. The molecule has 0 saturated heterocycles. The van der Waals surface area contributed by atoms with E-state index in [2.05, 4.69) is 0 Å². The third-order valence-corrected chi connectivity index (χ3v) is 2.40. The van der Waals surface area contributed by atoms with E-state index in [9.17, 15) is 0 Å². The van der Waals surface area contributed by atoms with Crippen LogP contribution < -0.4 is 0 Å². The molecule has 0 aliphatic heterocycles. The van der Waals surface area contributed by atoms with Gasteiger partial charge in [0.15, 0.2) is 0 Å². The van der Waals surface area contributed by atoms with Crippen LogP contribution in [0.1, 0.15) is 6.92 Å². The van der Waals surface area contributed by atoms with Crippen LogP contribution >= 0.6 is 22.1 Å². The molecule has 0 aromatic carbocycles. The molecular formula is C4H11NOS2. The maximum absolute atomic E-state index is 4.98. The third-order valence-electron chi connectivity index (χ3n) is 0.345. The van der Waals surface area contributed by atoms with E-state index in [-0.39, 0.29) is 0 Å². The van der Waals surface area contributed by atoms with Crippen molar-refractivity contribution in [2.75, 3.05) is 20.7 Å². The smallest absolute Gasteiger partial charge is 0.0792 e. The molecule has 0 aliphatic rings. The molecule has 0 aromatic heterocycles. The van der Waals surface area contributed by atoms with Crippen molar-refractivity contribution in [3.63, 3.8) is 0 Å². The molecule has 0 atom stereocenters. The second kappa shape index (κ2) is 5.75. The second-order valence-electron chi connectivity index (χ2n) is 1.36. The van der Waals surface area contributed by atoms with Crippen LogP contribution in [-0.2, 0) is 4.18 Å². The van der Waals surface area contributed by atoms with Crippen LogP contribution in [0.15, 0.2) is 0 Å². The molecule has 0 aliphatic carbocycles. The first-order chi connectivity index (χ1) is 3.77. The highest BCUT2D eigenvalue weighted by molar-refractivity contribution is 8.73. The Kier molecular flexibility index (Phi) is 6.20. The van der Waals surface area contributed by atoms with Crippen molar-refractivity contribution in [3.05, 3.63) is 0 Å². The van der Waals surface area contributed by atoms with Crippen molar-refractivity contribution in [2.45, 2.75) is 6.92 Å². The van der Waals surface area contributed by atoms with Gasteiger partial charge in [0.1, 0.15) is 0 Å². The minimum atomic E-state index is 0.769. The normalized spacial score (nSPS) is 10.5.